The summed E-state index contributed by atoms with van der Waals surface area (Å²) < 4.78 is 1.06. The normalized spacial score (nSPS) is 24.0. The summed E-state index contributed by atoms with van der Waals surface area (Å²) in [5.41, 5.74) is 1.16. The summed E-state index contributed by atoms with van der Waals surface area (Å²) in [6, 6.07) is 9.10. The third-order valence-corrected chi connectivity index (χ3v) is 5.06. The number of hydrogen-bond donors (Lipinski definition) is 0. The first-order valence-electron chi connectivity index (χ1n) is 7.67. The zero-order valence-electron chi connectivity index (χ0n) is 13.3. The molecule has 1 heterocycles. The highest BCUT2D eigenvalue weighted by molar-refractivity contribution is 9.10. The van der Waals surface area contributed by atoms with Crippen molar-refractivity contribution in [3.05, 3.63) is 34.3 Å². The number of amides is 1. The third-order valence-electron chi connectivity index (χ3n) is 4.53. The maximum absolute atomic E-state index is 12.7. The van der Waals surface area contributed by atoms with Crippen molar-refractivity contribution in [2.24, 2.45) is 0 Å². The highest BCUT2D eigenvalue weighted by Gasteiger charge is 2.35. The number of hydrogen-bond acceptors (Lipinski definition) is 2. The quantitative estimate of drug-likeness (QED) is 0.825. The molecule has 0 radical (unpaired) electrons. The van der Waals surface area contributed by atoms with Crippen LogP contribution in [0.2, 0.25) is 0 Å². The van der Waals surface area contributed by atoms with E-state index in [0.717, 1.165) is 10.0 Å². The van der Waals surface area contributed by atoms with Crippen LogP contribution in [-0.4, -0.2) is 40.9 Å². The minimum atomic E-state index is -0.0436. The van der Waals surface area contributed by atoms with Gasteiger partial charge in [-0.3, -0.25) is 9.69 Å². The number of likely N-dealkylation sites (tertiary alicyclic amines) is 1. The average molecular weight is 353 g/mol. The second kappa shape index (κ2) is 6.93. The number of rotatable bonds is 4. The average Bonchev–Trinajstić information content (AvgIpc) is 2.79. The van der Waals surface area contributed by atoms with Crippen molar-refractivity contribution >= 4 is 21.8 Å². The van der Waals surface area contributed by atoms with Crippen LogP contribution in [0.5, 0.6) is 0 Å². The molecule has 21 heavy (non-hydrogen) atoms. The Morgan fingerprint density at radius 3 is 2.33 bits per heavy atom. The van der Waals surface area contributed by atoms with Crippen molar-refractivity contribution in [1.29, 1.82) is 0 Å². The van der Waals surface area contributed by atoms with Gasteiger partial charge in [0.15, 0.2) is 0 Å². The van der Waals surface area contributed by atoms with Gasteiger partial charge >= 0.3 is 0 Å². The topological polar surface area (TPSA) is 23.6 Å². The van der Waals surface area contributed by atoms with Gasteiger partial charge in [0, 0.05) is 30.1 Å². The van der Waals surface area contributed by atoms with Crippen LogP contribution in [0.15, 0.2) is 28.7 Å². The van der Waals surface area contributed by atoms with Crippen molar-refractivity contribution in [1.82, 2.24) is 9.80 Å². The smallest absolute Gasteiger partial charge is 0.239 e. The molecule has 0 bridgehead atoms. The second-order valence-corrected chi connectivity index (χ2v) is 7.14. The Balaban J connectivity index is 1.99. The Morgan fingerprint density at radius 1 is 1.29 bits per heavy atom. The van der Waals surface area contributed by atoms with Crippen LogP contribution in [0.1, 0.15) is 39.2 Å². The van der Waals surface area contributed by atoms with E-state index in [9.17, 15) is 4.79 Å². The van der Waals surface area contributed by atoms with Crippen LogP contribution in [0.4, 0.5) is 0 Å². The van der Waals surface area contributed by atoms with E-state index in [0.29, 0.717) is 18.6 Å². The summed E-state index contributed by atoms with van der Waals surface area (Å²) in [4.78, 5) is 16.9. The second-order valence-electron chi connectivity index (χ2n) is 6.22. The van der Waals surface area contributed by atoms with E-state index < -0.39 is 0 Å². The SMILES string of the molecule is CC1CCC(C)N1C(C)C(=O)N(C)Cc1ccc(Br)cc1. The van der Waals surface area contributed by atoms with Crippen LogP contribution in [-0.2, 0) is 11.3 Å². The van der Waals surface area contributed by atoms with Gasteiger partial charge in [0.1, 0.15) is 0 Å². The summed E-state index contributed by atoms with van der Waals surface area (Å²) >= 11 is 3.43. The van der Waals surface area contributed by atoms with Crippen molar-refractivity contribution in [3.63, 3.8) is 0 Å². The Bertz CT molecular complexity index is 478. The highest BCUT2D eigenvalue weighted by Crippen LogP contribution is 2.26. The molecule has 1 aliphatic heterocycles. The van der Waals surface area contributed by atoms with E-state index in [4.69, 9.17) is 0 Å². The number of benzene rings is 1. The molecule has 0 N–H and O–H groups in total. The van der Waals surface area contributed by atoms with Crippen LogP contribution < -0.4 is 0 Å². The van der Waals surface area contributed by atoms with E-state index >= 15 is 0 Å². The van der Waals surface area contributed by atoms with E-state index in [1.54, 1.807) is 0 Å². The molecule has 1 aromatic rings. The predicted molar refractivity (Wildman–Crippen MR) is 90.1 cm³/mol. The Hall–Kier alpha value is -0.870. The van der Waals surface area contributed by atoms with Crippen LogP contribution in [0, 0.1) is 0 Å². The molecule has 3 unspecified atom stereocenters. The Morgan fingerprint density at radius 2 is 1.81 bits per heavy atom. The van der Waals surface area contributed by atoms with Crippen LogP contribution in [0.25, 0.3) is 0 Å². The lowest BCUT2D eigenvalue weighted by Crippen LogP contribution is -2.49. The van der Waals surface area contributed by atoms with E-state index in [-0.39, 0.29) is 11.9 Å². The molecule has 0 aromatic heterocycles. The zero-order valence-corrected chi connectivity index (χ0v) is 14.9. The lowest BCUT2D eigenvalue weighted by atomic mass is 10.1. The Kier molecular flexibility index (Phi) is 5.44. The molecule has 0 saturated carbocycles. The predicted octanol–water partition coefficient (Wildman–Crippen LogP) is 3.67. The maximum atomic E-state index is 12.7. The fraction of sp³-hybridized carbons (Fsp3) is 0.588. The van der Waals surface area contributed by atoms with Gasteiger partial charge in [0.05, 0.1) is 6.04 Å². The molecule has 4 heteroatoms. The van der Waals surface area contributed by atoms with E-state index in [1.807, 2.05) is 31.0 Å². The number of carbonyl (C=O) groups is 1. The summed E-state index contributed by atoms with van der Waals surface area (Å²) in [5, 5.41) is 0. The first-order chi connectivity index (χ1) is 9.90. The highest BCUT2D eigenvalue weighted by atomic mass is 79.9. The number of nitrogens with zero attached hydrogens (tertiary/aromatic N) is 2. The summed E-state index contributed by atoms with van der Waals surface area (Å²) in [6.45, 7) is 7.15. The van der Waals surface area contributed by atoms with Gasteiger partial charge in [0.25, 0.3) is 0 Å². The van der Waals surface area contributed by atoms with Gasteiger partial charge in [-0.05, 0) is 51.3 Å². The van der Waals surface area contributed by atoms with Gasteiger partial charge in [-0.25, -0.2) is 0 Å². The summed E-state index contributed by atoms with van der Waals surface area (Å²) in [5.74, 6) is 0.207. The van der Waals surface area contributed by atoms with E-state index in [2.05, 4.69) is 46.8 Å². The minimum Gasteiger partial charge on any atom is -0.340 e. The fourth-order valence-electron chi connectivity index (χ4n) is 3.37. The molecular weight excluding hydrogens is 328 g/mol. The standard InChI is InChI=1S/C17H25BrN2O/c1-12-5-6-13(2)20(12)14(3)17(21)19(4)11-15-7-9-16(18)10-8-15/h7-10,12-14H,5-6,11H2,1-4H3. The van der Waals surface area contributed by atoms with Gasteiger partial charge in [-0.15, -0.1) is 0 Å². The van der Waals surface area contributed by atoms with Crippen molar-refractivity contribution in [2.45, 2.75) is 58.3 Å². The molecule has 3 nitrogen and oxygen atoms in total. The van der Waals surface area contributed by atoms with Gasteiger partial charge in [-0.2, -0.15) is 0 Å². The molecule has 0 aliphatic carbocycles. The minimum absolute atomic E-state index is 0.0436. The van der Waals surface area contributed by atoms with Crippen LogP contribution >= 0.6 is 15.9 Å². The van der Waals surface area contributed by atoms with Gasteiger partial charge in [0.2, 0.25) is 5.91 Å². The third kappa shape index (κ3) is 3.86. The monoisotopic (exact) mass is 352 g/mol. The molecule has 0 spiro atoms. The first-order valence-corrected chi connectivity index (χ1v) is 8.46. The Labute approximate surface area is 136 Å². The van der Waals surface area contributed by atoms with Crippen molar-refractivity contribution in [2.75, 3.05) is 7.05 Å². The lowest BCUT2D eigenvalue weighted by molar-refractivity contribution is -0.136. The fourth-order valence-corrected chi connectivity index (χ4v) is 3.63. The van der Waals surface area contributed by atoms with E-state index in [1.165, 1.54) is 12.8 Å². The maximum Gasteiger partial charge on any atom is 0.239 e. The first kappa shape index (κ1) is 16.5. The molecule has 116 valence electrons. The largest absolute Gasteiger partial charge is 0.340 e. The molecule has 1 fully saturated rings. The molecule has 1 aliphatic rings. The van der Waals surface area contributed by atoms with Crippen molar-refractivity contribution in [3.8, 4) is 0 Å². The van der Waals surface area contributed by atoms with Crippen molar-refractivity contribution < 1.29 is 4.79 Å². The molecule has 2 rings (SSSR count). The number of halogens is 1. The zero-order chi connectivity index (χ0) is 15.6. The molecule has 1 aromatic carbocycles. The van der Waals surface area contributed by atoms with Gasteiger partial charge in [-0.1, -0.05) is 28.1 Å². The van der Waals surface area contributed by atoms with Gasteiger partial charge < -0.3 is 4.90 Å². The molecular formula is C17H25BrN2O. The molecule has 1 saturated heterocycles. The summed E-state index contributed by atoms with van der Waals surface area (Å²) in [6.07, 6.45) is 2.38. The number of carbonyl (C=O) groups excluding carboxylic acids is 1. The lowest BCUT2D eigenvalue weighted by Gasteiger charge is -2.34. The number of likely N-dealkylation sites (N-methyl/N-ethyl adjacent to an activating group) is 1. The summed E-state index contributed by atoms with van der Waals surface area (Å²) in [7, 11) is 1.90. The van der Waals surface area contributed by atoms with Crippen LogP contribution in [0.3, 0.4) is 0 Å². The molecule has 1 amide bonds. The molecule has 3 atom stereocenters.